The maximum Gasteiger partial charge on any atom is 0.267 e. The average Bonchev–Trinajstić information content (AvgIpc) is 3.16. The minimum atomic E-state index is -0.280. The molecule has 0 bridgehead atoms. The molecule has 0 aliphatic rings. The van der Waals surface area contributed by atoms with E-state index < -0.39 is 0 Å². The first kappa shape index (κ1) is 17.9. The topological polar surface area (TPSA) is 100 Å². The van der Waals surface area contributed by atoms with Crippen molar-refractivity contribution in [1.29, 1.82) is 0 Å². The molecule has 0 saturated carbocycles. The number of aryl methyl sites for hydroxylation is 1. The number of benzene rings is 1. The highest BCUT2D eigenvalue weighted by Crippen LogP contribution is 2.29. The van der Waals surface area contributed by atoms with Crippen LogP contribution in [-0.4, -0.2) is 26.0 Å². The van der Waals surface area contributed by atoms with E-state index in [1.807, 2.05) is 25.1 Å². The van der Waals surface area contributed by atoms with Crippen molar-refractivity contribution < 1.29 is 9.90 Å². The van der Waals surface area contributed by atoms with Crippen LogP contribution in [0.4, 0.5) is 16.6 Å². The molecule has 1 amide bonds. The minimum absolute atomic E-state index is 0.143. The van der Waals surface area contributed by atoms with E-state index in [4.69, 9.17) is 0 Å². The summed E-state index contributed by atoms with van der Waals surface area (Å²) in [5.74, 6) is 0.490. The molecule has 0 aliphatic heterocycles. The Morgan fingerprint density at radius 2 is 1.96 bits per heavy atom. The summed E-state index contributed by atoms with van der Waals surface area (Å²) in [7, 11) is 0. The molecule has 3 heterocycles. The van der Waals surface area contributed by atoms with Gasteiger partial charge in [0.2, 0.25) is 0 Å². The molecule has 0 radical (unpaired) electrons. The number of aromatic hydroxyl groups is 1. The normalized spacial score (nSPS) is 10.8. The van der Waals surface area contributed by atoms with Crippen LogP contribution >= 0.6 is 11.3 Å². The largest absolute Gasteiger partial charge is 0.508 e. The zero-order chi connectivity index (χ0) is 19.7. The first-order chi connectivity index (χ1) is 13.5. The monoisotopic (exact) mass is 391 g/mol. The number of phenols is 1. The Labute approximate surface area is 165 Å². The van der Waals surface area contributed by atoms with E-state index in [1.165, 1.54) is 17.5 Å². The number of fused-ring (bicyclic) bond motifs is 1. The van der Waals surface area contributed by atoms with Gasteiger partial charge in [0.05, 0.1) is 23.6 Å². The Morgan fingerprint density at radius 1 is 1.11 bits per heavy atom. The Morgan fingerprint density at radius 3 is 2.82 bits per heavy atom. The van der Waals surface area contributed by atoms with Crippen LogP contribution in [0.5, 0.6) is 5.75 Å². The Balaban J connectivity index is 1.52. The van der Waals surface area contributed by atoms with Crippen LogP contribution < -0.4 is 10.6 Å². The number of rotatable bonds is 4. The Bertz CT molecular complexity index is 1190. The fourth-order valence-electron chi connectivity index (χ4n) is 2.79. The highest BCUT2D eigenvalue weighted by Gasteiger charge is 2.15. The average molecular weight is 391 g/mol. The van der Waals surface area contributed by atoms with Crippen LogP contribution in [0, 0.1) is 13.8 Å². The van der Waals surface area contributed by atoms with Crippen molar-refractivity contribution in [3.8, 4) is 5.75 Å². The summed E-state index contributed by atoms with van der Waals surface area (Å²) in [4.78, 5) is 25.9. The van der Waals surface area contributed by atoms with Gasteiger partial charge in [-0.1, -0.05) is 17.4 Å². The number of hydrogen-bond donors (Lipinski definition) is 3. The molecule has 8 heteroatoms. The van der Waals surface area contributed by atoms with E-state index in [1.54, 1.807) is 31.5 Å². The molecule has 4 rings (SSSR count). The number of anilines is 3. The summed E-state index contributed by atoms with van der Waals surface area (Å²) in [6.07, 6.45) is 4.93. The maximum atomic E-state index is 12.6. The maximum absolute atomic E-state index is 12.6. The van der Waals surface area contributed by atoms with E-state index in [-0.39, 0.29) is 11.7 Å². The molecule has 3 N–H and O–H groups in total. The van der Waals surface area contributed by atoms with Crippen molar-refractivity contribution in [2.24, 2.45) is 0 Å². The van der Waals surface area contributed by atoms with Crippen LogP contribution in [0.2, 0.25) is 0 Å². The summed E-state index contributed by atoms with van der Waals surface area (Å²) in [5.41, 5.74) is 2.89. The number of carbonyl (C=O) groups excluding carboxylic acids is 1. The number of thiazole rings is 1. The number of phenolic OH excluding ortho intramolecular Hbond substituents is 1. The van der Waals surface area contributed by atoms with Crippen LogP contribution in [0.25, 0.3) is 10.9 Å². The zero-order valence-corrected chi connectivity index (χ0v) is 16.0. The number of nitrogens with zero attached hydrogens (tertiary/aromatic N) is 3. The lowest BCUT2D eigenvalue weighted by Gasteiger charge is -2.11. The van der Waals surface area contributed by atoms with Crippen molar-refractivity contribution in [1.82, 2.24) is 15.0 Å². The van der Waals surface area contributed by atoms with Crippen molar-refractivity contribution in [3.05, 3.63) is 64.9 Å². The molecule has 4 aromatic rings. The van der Waals surface area contributed by atoms with Crippen molar-refractivity contribution in [2.45, 2.75) is 13.8 Å². The molecule has 0 fully saturated rings. The van der Waals surface area contributed by atoms with E-state index in [0.29, 0.717) is 27.1 Å². The lowest BCUT2D eigenvalue weighted by Crippen LogP contribution is -2.12. The number of hydrogen-bond acceptors (Lipinski definition) is 7. The number of amides is 1. The molecule has 0 aliphatic carbocycles. The molecular weight excluding hydrogens is 374 g/mol. The highest BCUT2D eigenvalue weighted by molar-refractivity contribution is 7.17. The molecule has 0 atom stereocenters. The van der Waals surface area contributed by atoms with Gasteiger partial charge in [-0.15, -0.1) is 0 Å². The number of nitrogens with one attached hydrogen (secondary N) is 2. The smallest absolute Gasteiger partial charge is 0.267 e. The van der Waals surface area contributed by atoms with Gasteiger partial charge in [0.15, 0.2) is 5.13 Å². The molecule has 0 unspecified atom stereocenters. The van der Waals surface area contributed by atoms with E-state index in [9.17, 15) is 9.90 Å². The highest BCUT2D eigenvalue weighted by atomic mass is 32.1. The predicted octanol–water partition coefficient (Wildman–Crippen LogP) is 4.40. The molecule has 0 spiro atoms. The first-order valence-electron chi connectivity index (χ1n) is 8.55. The SMILES string of the molecule is Cc1ccc(O)c(C)c1NC(=O)c1cnc(Nc2ccc3ccncc3n2)s1. The lowest BCUT2D eigenvalue weighted by atomic mass is 10.1. The van der Waals surface area contributed by atoms with Gasteiger partial charge in [0.1, 0.15) is 16.4 Å². The summed E-state index contributed by atoms with van der Waals surface area (Å²) in [6.45, 7) is 3.64. The van der Waals surface area contributed by atoms with E-state index in [0.717, 1.165) is 16.5 Å². The molecule has 7 nitrogen and oxygen atoms in total. The predicted molar refractivity (Wildman–Crippen MR) is 110 cm³/mol. The van der Waals surface area contributed by atoms with Gasteiger partial charge >= 0.3 is 0 Å². The minimum Gasteiger partial charge on any atom is -0.508 e. The molecule has 0 saturated heterocycles. The molecule has 28 heavy (non-hydrogen) atoms. The van der Waals surface area contributed by atoms with Gasteiger partial charge in [-0.05, 0) is 43.7 Å². The van der Waals surface area contributed by atoms with Crippen molar-refractivity contribution >= 4 is 44.8 Å². The first-order valence-corrected chi connectivity index (χ1v) is 9.37. The third-order valence-corrected chi connectivity index (χ3v) is 5.25. The standard InChI is InChI=1S/C20H17N5O2S/c1-11-3-5-15(26)12(2)18(11)25-19(27)16-10-22-20(28-16)24-17-6-4-13-7-8-21-9-14(13)23-17/h3-10,26H,1-2H3,(H,25,27)(H,22,23,24). The van der Waals surface area contributed by atoms with Crippen LogP contribution in [-0.2, 0) is 0 Å². The second kappa shape index (κ2) is 7.24. The van der Waals surface area contributed by atoms with Crippen LogP contribution in [0.15, 0.2) is 48.9 Å². The third kappa shape index (κ3) is 3.49. The molecular formula is C20H17N5O2S. The lowest BCUT2D eigenvalue weighted by molar-refractivity contribution is 0.103. The van der Waals surface area contributed by atoms with E-state index >= 15 is 0 Å². The van der Waals surface area contributed by atoms with Gasteiger partial charge in [0, 0.05) is 17.1 Å². The summed E-state index contributed by atoms with van der Waals surface area (Å²) in [6, 6.07) is 9.06. The van der Waals surface area contributed by atoms with Gasteiger partial charge in [-0.2, -0.15) is 0 Å². The third-order valence-electron chi connectivity index (χ3n) is 4.34. The van der Waals surface area contributed by atoms with Gasteiger partial charge in [0.25, 0.3) is 5.91 Å². The van der Waals surface area contributed by atoms with Gasteiger partial charge < -0.3 is 15.7 Å². The number of carbonyl (C=O) groups is 1. The quantitative estimate of drug-likeness (QED) is 0.477. The molecule has 140 valence electrons. The zero-order valence-electron chi connectivity index (χ0n) is 15.2. The van der Waals surface area contributed by atoms with Crippen LogP contribution in [0.1, 0.15) is 20.8 Å². The Kier molecular flexibility index (Phi) is 4.62. The second-order valence-electron chi connectivity index (χ2n) is 6.28. The molecule has 1 aromatic carbocycles. The van der Waals surface area contributed by atoms with Crippen molar-refractivity contribution in [3.63, 3.8) is 0 Å². The molecule has 3 aromatic heterocycles. The second-order valence-corrected chi connectivity index (χ2v) is 7.31. The van der Waals surface area contributed by atoms with Crippen molar-refractivity contribution in [2.75, 3.05) is 10.6 Å². The van der Waals surface area contributed by atoms with Crippen LogP contribution in [0.3, 0.4) is 0 Å². The summed E-state index contributed by atoms with van der Waals surface area (Å²) in [5, 5.41) is 17.4. The number of aromatic nitrogens is 3. The fraction of sp³-hybridized carbons (Fsp3) is 0.100. The summed E-state index contributed by atoms with van der Waals surface area (Å²) < 4.78 is 0. The Hall–Kier alpha value is -3.52. The van der Waals surface area contributed by atoms with Gasteiger partial charge in [-0.25, -0.2) is 9.97 Å². The fourth-order valence-corrected chi connectivity index (χ4v) is 3.51. The van der Waals surface area contributed by atoms with Gasteiger partial charge in [-0.3, -0.25) is 9.78 Å². The summed E-state index contributed by atoms with van der Waals surface area (Å²) >= 11 is 1.22. The number of pyridine rings is 2. The van der Waals surface area contributed by atoms with E-state index in [2.05, 4.69) is 25.6 Å².